The Balaban J connectivity index is 1.72. The lowest BCUT2D eigenvalue weighted by atomic mass is 9.95. The van der Waals surface area contributed by atoms with E-state index in [2.05, 4.69) is 0 Å². The molecule has 2 heterocycles. The number of carbonyl (C=O) groups excluding carboxylic acids is 1. The minimum atomic E-state index is -1.05. The Morgan fingerprint density at radius 2 is 2.13 bits per heavy atom. The number of carboxylic acids is 1. The van der Waals surface area contributed by atoms with Gasteiger partial charge in [-0.15, -0.1) is 0 Å². The van der Waals surface area contributed by atoms with Crippen LogP contribution >= 0.6 is 11.6 Å². The molecular weight excluding hydrogens is 322 g/mol. The van der Waals surface area contributed by atoms with Gasteiger partial charge in [0, 0.05) is 11.6 Å². The Hall–Kier alpha value is -1.79. The standard InChI is InChI=1S/C16H18ClNO5/c1-9-6-18(7-14(23-9)16(20)21)15(19)11-4-10-5-12(17)2-3-13(10)22-8-11/h2-3,5,9,11,14H,4,6-8H2,1H3,(H,20,21)/t9-,11?,14?/m1/s1. The van der Waals surface area contributed by atoms with Crippen LogP contribution < -0.4 is 4.74 Å². The molecule has 1 amide bonds. The number of aliphatic carboxylic acids is 1. The van der Waals surface area contributed by atoms with Crippen LogP contribution in [0.25, 0.3) is 0 Å². The topological polar surface area (TPSA) is 76.1 Å². The van der Waals surface area contributed by atoms with Gasteiger partial charge < -0.3 is 19.5 Å². The molecule has 1 aromatic carbocycles. The number of benzene rings is 1. The number of morpholine rings is 1. The molecule has 0 bridgehead atoms. The van der Waals surface area contributed by atoms with E-state index in [1.807, 2.05) is 0 Å². The first-order valence-corrected chi connectivity index (χ1v) is 7.90. The highest BCUT2D eigenvalue weighted by atomic mass is 35.5. The summed E-state index contributed by atoms with van der Waals surface area (Å²) in [5.74, 6) is -0.735. The fourth-order valence-corrected chi connectivity index (χ4v) is 3.24. The van der Waals surface area contributed by atoms with Gasteiger partial charge in [0.05, 0.1) is 18.6 Å². The average molecular weight is 340 g/mol. The number of amides is 1. The summed E-state index contributed by atoms with van der Waals surface area (Å²) < 4.78 is 11.0. The average Bonchev–Trinajstić information content (AvgIpc) is 2.52. The van der Waals surface area contributed by atoms with Crippen LogP contribution in [-0.2, 0) is 20.7 Å². The Labute approximate surface area is 138 Å². The van der Waals surface area contributed by atoms with Crippen LogP contribution in [0.4, 0.5) is 0 Å². The van der Waals surface area contributed by atoms with Crippen LogP contribution in [0, 0.1) is 5.92 Å². The van der Waals surface area contributed by atoms with E-state index in [0.29, 0.717) is 18.0 Å². The molecule has 124 valence electrons. The summed E-state index contributed by atoms with van der Waals surface area (Å²) in [5.41, 5.74) is 0.901. The normalized spacial score (nSPS) is 27.0. The fourth-order valence-electron chi connectivity index (χ4n) is 3.05. The highest BCUT2D eigenvalue weighted by Crippen LogP contribution is 2.31. The first-order valence-electron chi connectivity index (χ1n) is 7.52. The van der Waals surface area contributed by atoms with Gasteiger partial charge in [0.1, 0.15) is 12.4 Å². The monoisotopic (exact) mass is 339 g/mol. The van der Waals surface area contributed by atoms with Gasteiger partial charge in [-0.25, -0.2) is 4.79 Å². The van der Waals surface area contributed by atoms with Crippen LogP contribution in [0.5, 0.6) is 5.75 Å². The van der Waals surface area contributed by atoms with Crippen molar-refractivity contribution in [2.45, 2.75) is 25.6 Å². The molecule has 1 fully saturated rings. The van der Waals surface area contributed by atoms with E-state index in [1.54, 1.807) is 30.0 Å². The van der Waals surface area contributed by atoms with Gasteiger partial charge in [0.15, 0.2) is 6.10 Å². The van der Waals surface area contributed by atoms with E-state index in [-0.39, 0.29) is 31.1 Å². The van der Waals surface area contributed by atoms with Crippen molar-refractivity contribution in [2.75, 3.05) is 19.7 Å². The number of halogens is 1. The van der Waals surface area contributed by atoms with E-state index in [4.69, 9.17) is 26.2 Å². The molecule has 2 unspecified atom stereocenters. The van der Waals surface area contributed by atoms with E-state index >= 15 is 0 Å². The summed E-state index contributed by atoms with van der Waals surface area (Å²) in [6.07, 6.45) is -0.743. The zero-order valence-corrected chi connectivity index (χ0v) is 13.5. The quantitative estimate of drug-likeness (QED) is 0.885. The lowest BCUT2D eigenvalue weighted by Gasteiger charge is -2.37. The SMILES string of the molecule is C[C@@H]1CN(C(=O)C2COc3ccc(Cl)cc3C2)CC(C(=O)O)O1. The van der Waals surface area contributed by atoms with Gasteiger partial charge in [-0.1, -0.05) is 11.6 Å². The fraction of sp³-hybridized carbons (Fsp3) is 0.500. The largest absolute Gasteiger partial charge is 0.492 e. The molecule has 1 saturated heterocycles. The van der Waals surface area contributed by atoms with E-state index < -0.39 is 12.1 Å². The van der Waals surface area contributed by atoms with Gasteiger partial charge in [0.25, 0.3) is 0 Å². The second-order valence-corrected chi connectivity index (χ2v) is 6.42. The molecule has 0 spiro atoms. The third-order valence-electron chi connectivity index (χ3n) is 4.13. The third-order valence-corrected chi connectivity index (χ3v) is 4.36. The molecule has 3 atom stereocenters. The van der Waals surface area contributed by atoms with Crippen molar-refractivity contribution < 1.29 is 24.2 Å². The molecule has 6 nitrogen and oxygen atoms in total. The molecule has 3 rings (SSSR count). The minimum Gasteiger partial charge on any atom is -0.492 e. The van der Waals surface area contributed by atoms with Crippen LogP contribution in [0.1, 0.15) is 12.5 Å². The Bertz CT molecular complexity index is 635. The number of carbonyl (C=O) groups is 2. The highest BCUT2D eigenvalue weighted by molar-refractivity contribution is 6.30. The number of fused-ring (bicyclic) bond motifs is 1. The lowest BCUT2D eigenvalue weighted by Crippen LogP contribution is -2.54. The van der Waals surface area contributed by atoms with Crippen molar-refractivity contribution in [3.8, 4) is 5.75 Å². The number of ether oxygens (including phenoxy) is 2. The Morgan fingerprint density at radius 1 is 1.35 bits per heavy atom. The van der Waals surface area contributed by atoms with Crippen molar-refractivity contribution in [3.05, 3.63) is 28.8 Å². The number of nitrogens with zero attached hydrogens (tertiary/aromatic N) is 1. The van der Waals surface area contributed by atoms with Crippen molar-refractivity contribution in [1.29, 1.82) is 0 Å². The van der Waals surface area contributed by atoms with E-state index in [1.165, 1.54) is 0 Å². The van der Waals surface area contributed by atoms with Gasteiger partial charge in [-0.3, -0.25) is 4.79 Å². The zero-order valence-electron chi connectivity index (χ0n) is 12.7. The minimum absolute atomic E-state index is 0.0669. The zero-order chi connectivity index (χ0) is 16.6. The van der Waals surface area contributed by atoms with Crippen molar-refractivity contribution in [3.63, 3.8) is 0 Å². The summed E-state index contributed by atoms with van der Waals surface area (Å²) in [5, 5.41) is 9.73. The van der Waals surface area contributed by atoms with Crippen molar-refractivity contribution >= 4 is 23.5 Å². The summed E-state index contributed by atoms with van der Waals surface area (Å²) >= 11 is 5.99. The van der Waals surface area contributed by atoms with Gasteiger partial charge >= 0.3 is 5.97 Å². The molecule has 0 aliphatic carbocycles. The molecule has 23 heavy (non-hydrogen) atoms. The lowest BCUT2D eigenvalue weighted by molar-refractivity contribution is -0.168. The van der Waals surface area contributed by atoms with E-state index in [0.717, 1.165) is 11.3 Å². The predicted molar refractivity (Wildman–Crippen MR) is 82.7 cm³/mol. The highest BCUT2D eigenvalue weighted by Gasteiger charge is 2.36. The smallest absolute Gasteiger partial charge is 0.334 e. The second kappa shape index (κ2) is 6.37. The van der Waals surface area contributed by atoms with Gasteiger partial charge in [-0.2, -0.15) is 0 Å². The van der Waals surface area contributed by atoms with Gasteiger partial charge in [0.2, 0.25) is 5.91 Å². The second-order valence-electron chi connectivity index (χ2n) is 5.98. The van der Waals surface area contributed by atoms with Crippen LogP contribution in [0.2, 0.25) is 5.02 Å². The van der Waals surface area contributed by atoms with Crippen LogP contribution in [-0.4, -0.2) is 53.8 Å². The number of hydrogen-bond donors (Lipinski definition) is 1. The number of hydrogen-bond acceptors (Lipinski definition) is 4. The summed E-state index contributed by atoms with van der Waals surface area (Å²) in [6.45, 7) is 2.51. The number of carboxylic acid groups (broad SMARTS) is 1. The molecule has 0 aromatic heterocycles. The number of rotatable bonds is 2. The maximum Gasteiger partial charge on any atom is 0.334 e. The maximum absolute atomic E-state index is 12.7. The first kappa shape index (κ1) is 16.1. The van der Waals surface area contributed by atoms with Crippen molar-refractivity contribution in [1.82, 2.24) is 4.90 Å². The Morgan fingerprint density at radius 3 is 2.87 bits per heavy atom. The Kier molecular flexibility index (Phi) is 4.46. The molecule has 1 N–H and O–H groups in total. The van der Waals surface area contributed by atoms with Crippen LogP contribution in [0.3, 0.4) is 0 Å². The summed E-state index contributed by atoms with van der Waals surface area (Å²) in [4.78, 5) is 25.4. The molecule has 7 heteroatoms. The third kappa shape index (κ3) is 3.43. The summed E-state index contributed by atoms with van der Waals surface area (Å²) in [6, 6.07) is 5.36. The molecular formula is C16H18ClNO5. The van der Waals surface area contributed by atoms with E-state index in [9.17, 15) is 9.59 Å². The maximum atomic E-state index is 12.7. The molecule has 0 saturated carbocycles. The summed E-state index contributed by atoms with van der Waals surface area (Å²) in [7, 11) is 0. The molecule has 2 aliphatic rings. The first-order chi connectivity index (χ1) is 10.9. The molecule has 0 radical (unpaired) electrons. The van der Waals surface area contributed by atoms with Crippen molar-refractivity contribution in [2.24, 2.45) is 5.92 Å². The molecule has 1 aromatic rings. The van der Waals surface area contributed by atoms with Crippen LogP contribution in [0.15, 0.2) is 18.2 Å². The molecule has 2 aliphatic heterocycles. The van der Waals surface area contributed by atoms with Gasteiger partial charge in [-0.05, 0) is 37.1 Å². The predicted octanol–water partition coefficient (Wildman–Crippen LogP) is 1.59.